The first kappa shape index (κ1) is 23.2. The van der Waals surface area contributed by atoms with Crippen molar-refractivity contribution in [2.24, 2.45) is 22.7 Å². The molecular formula is C27H31BrO4. The van der Waals surface area contributed by atoms with Crippen LogP contribution < -0.4 is 0 Å². The van der Waals surface area contributed by atoms with Crippen LogP contribution in [0.25, 0.3) is 6.08 Å². The third-order valence-electron chi connectivity index (χ3n) is 7.95. The number of fused-ring (bicyclic) bond motifs is 1. The van der Waals surface area contributed by atoms with Crippen molar-refractivity contribution in [2.45, 2.75) is 45.6 Å². The zero-order valence-electron chi connectivity index (χ0n) is 18.7. The summed E-state index contributed by atoms with van der Waals surface area (Å²) in [5, 5.41) is 20.8. The number of aliphatic hydroxyl groups excluding tert-OH is 2. The van der Waals surface area contributed by atoms with Crippen LogP contribution in [0, 0.1) is 22.7 Å². The molecule has 2 fully saturated rings. The summed E-state index contributed by atoms with van der Waals surface area (Å²) in [7, 11) is 0. The highest BCUT2D eigenvalue weighted by atomic mass is 79.9. The maximum Gasteiger partial charge on any atom is 0.343 e. The summed E-state index contributed by atoms with van der Waals surface area (Å²) in [5.41, 5.74) is 1.98. The Labute approximate surface area is 198 Å². The van der Waals surface area contributed by atoms with Crippen LogP contribution in [0.2, 0.25) is 0 Å². The molecule has 5 atom stereocenters. The van der Waals surface area contributed by atoms with Gasteiger partial charge < -0.3 is 14.9 Å². The van der Waals surface area contributed by atoms with E-state index in [9.17, 15) is 15.0 Å². The van der Waals surface area contributed by atoms with Gasteiger partial charge in [-0.15, -0.1) is 0 Å². The van der Waals surface area contributed by atoms with Crippen LogP contribution in [0.15, 0.2) is 70.5 Å². The monoisotopic (exact) mass is 498 g/mol. The van der Waals surface area contributed by atoms with E-state index in [0.29, 0.717) is 17.8 Å². The minimum atomic E-state index is -0.522. The van der Waals surface area contributed by atoms with Crippen molar-refractivity contribution in [3.05, 3.63) is 76.0 Å². The van der Waals surface area contributed by atoms with E-state index in [1.165, 1.54) is 0 Å². The molecule has 4 nitrogen and oxygen atoms in total. The van der Waals surface area contributed by atoms with Crippen LogP contribution in [-0.2, 0) is 9.53 Å². The van der Waals surface area contributed by atoms with Crippen molar-refractivity contribution in [3.8, 4) is 0 Å². The second-order valence-corrected chi connectivity index (χ2v) is 10.8. The molecule has 2 aliphatic carbocycles. The van der Waals surface area contributed by atoms with Crippen LogP contribution in [0.3, 0.4) is 0 Å². The fourth-order valence-corrected chi connectivity index (χ4v) is 6.27. The zero-order valence-corrected chi connectivity index (χ0v) is 20.3. The molecule has 4 rings (SSSR count). The van der Waals surface area contributed by atoms with Crippen molar-refractivity contribution in [1.29, 1.82) is 0 Å². The number of benzene rings is 1. The molecule has 2 saturated carbocycles. The highest BCUT2D eigenvalue weighted by molar-refractivity contribution is 9.10. The van der Waals surface area contributed by atoms with E-state index in [1.807, 2.05) is 43.3 Å². The highest BCUT2D eigenvalue weighted by Gasteiger charge is 2.57. The summed E-state index contributed by atoms with van der Waals surface area (Å²) >= 11 is 3.42. The zero-order chi connectivity index (χ0) is 23.1. The van der Waals surface area contributed by atoms with E-state index in [0.717, 1.165) is 34.9 Å². The second kappa shape index (κ2) is 8.77. The van der Waals surface area contributed by atoms with Gasteiger partial charge in [0.2, 0.25) is 0 Å². The number of hydrogen-bond acceptors (Lipinski definition) is 4. The molecule has 0 radical (unpaired) electrons. The lowest BCUT2D eigenvalue weighted by Gasteiger charge is -2.59. The maximum absolute atomic E-state index is 12.5. The van der Waals surface area contributed by atoms with E-state index < -0.39 is 11.5 Å². The Balaban J connectivity index is 1.59. The quantitative estimate of drug-likeness (QED) is 0.420. The molecule has 1 heterocycles. The van der Waals surface area contributed by atoms with Gasteiger partial charge in [0.05, 0.1) is 18.3 Å². The molecule has 0 bridgehead atoms. The van der Waals surface area contributed by atoms with Gasteiger partial charge in [0, 0.05) is 15.8 Å². The van der Waals surface area contributed by atoms with Crippen LogP contribution >= 0.6 is 15.9 Å². The van der Waals surface area contributed by atoms with Gasteiger partial charge in [-0.05, 0) is 66.9 Å². The van der Waals surface area contributed by atoms with Crippen LogP contribution in [0.1, 0.15) is 45.1 Å². The fourth-order valence-electron chi connectivity index (χ4n) is 6.01. The Bertz CT molecular complexity index is 1000. The van der Waals surface area contributed by atoms with Gasteiger partial charge in [-0.25, -0.2) is 4.79 Å². The number of esters is 1. The SMILES string of the molecule is C=C1CC[C@@H]2[C@](C)(CO)[C@H](O)CC[C@@]2(C)[C@@H]1/C=C/C1=CC(=C/c2ccc(Br)cc2)/OC1=O. The summed E-state index contributed by atoms with van der Waals surface area (Å²) in [6.45, 7) is 8.56. The highest BCUT2D eigenvalue weighted by Crippen LogP contribution is 2.61. The number of halogens is 1. The fraction of sp³-hybridized carbons (Fsp3) is 0.444. The first-order valence-corrected chi connectivity index (χ1v) is 12.0. The number of rotatable bonds is 4. The smallest absolute Gasteiger partial charge is 0.343 e. The predicted molar refractivity (Wildman–Crippen MR) is 129 cm³/mol. The molecule has 0 unspecified atom stereocenters. The molecule has 0 amide bonds. The van der Waals surface area contributed by atoms with Crippen molar-refractivity contribution in [3.63, 3.8) is 0 Å². The van der Waals surface area contributed by atoms with E-state index in [-0.39, 0.29) is 29.8 Å². The molecule has 1 aliphatic heterocycles. The third-order valence-corrected chi connectivity index (χ3v) is 8.47. The van der Waals surface area contributed by atoms with Crippen LogP contribution in [-0.4, -0.2) is 28.9 Å². The number of carbonyl (C=O) groups is 1. The number of cyclic esters (lactones) is 1. The van der Waals surface area contributed by atoms with Gasteiger partial charge in [0.1, 0.15) is 5.76 Å². The lowest BCUT2D eigenvalue weighted by Crippen LogP contribution is -2.57. The van der Waals surface area contributed by atoms with Gasteiger partial charge >= 0.3 is 5.97 Å². The summed E-state index contributed by atoms with van der Waals surface area (Å²) in [6.07, 6.45) is 10.4. The summed E-state index contributed by atoms with van der Waals surface area (Å²) in [6, 6.07) is 7.80. The second-order valence-electron chi connectivity index (χ2n) is 9.90. The third kappa shape index (κ3) is 4.07. The van der Waals surface area contributed by atoms with E-state index in [2.05, 4.69) is 35.5 Å². The minimum absolute atomic E-state index is 0.0287. The topological polar surface area (TPSA) is 66.8 Å². The van der Waals surface area contributed by atoms with Gasteiger partial charge in [0.15, 0.2) is 0 Å². The van der Waals surface area contributed by atoms with E-state index in [1.54, 1.807) is 6.08 Å². The molecule has 5 heteroatoms. The minimum Gasteiger partial charge on any atom is -0.423 e. The predicted octanol–water partition coefficient (Wildman–Crippen LogP) is 5.57. The molecule has 2 N–H and O–H groups in total. The van der Waals surface area contributed by atoms with Crippen LogP contribution in [0.5, 0.6) is 0 Å². The number of hydrogen-bond donors (Lipinski definition) is 2. The lowest BCUT2D eigenvalue weighted by molar-refractivity contribution is -0.145. The Kier molecular flexibility index (Phi) is 6.36. The Hall–Kier alpha value is -1.95. The summed E-state index contributed by atoms with van der Waals surface area (Å²) in [5.74, 6) is 0.429. The average molecular weight is 499 g/mol. The van der Waals surface area contributed by atoms with E-state index in [4.69, 9.17) is 4.74 Å². The number of carbonyl (C=O) groups excluding carboxylic acids is 1. The Morgan fingerprint density at radius 3 is 2.66 bits per heavy atom. The summed E-state index contributed by atoms with van der Waals surface area (Å²) in [4.78, 5) is 12.5. The first-order chi connectivity index (χ1) is 15.2. The molecule has 170 valence electrons. The Morgan fingerprint density at radius 1 is 1.25 bits per heavy atom. The molecule has 0 aromatic heterocycles. The molecule has 0 saturated heterocycles. The number of aliphatic hydroxyl groups is 2. The standard InChI is InChI=1S/C27H31BrO4/c1-17-4-11-23-26(2,13-12-24(30)27(23,3)16-29)22(17)10-7-19-15-21(32-25(19)31)14-18-5-8-20(28)9-6-18/h5-10,14-15,22-24,29-30H,1,4,11-13,16H2,2-3H3/b10-7+,21-14-/t22-,23+,24-,26+,27+/m1/s1. The van der Waals surface area contributed by atoms with Crippen molar-refractivity contribution in [2.75, 3.05) is 6.61 Å². The molecule has 0 spiro atoms. The van der Waals surface area contributed by atoms with Gasteiger partial charge in [-0.3, -0.25) is 0 Å². The maximum atomic E-state index is 12.5. The Morgan fingerprint density at radius 2 is 1.97 bits per heavy atom. The van der Waals surface area contributed by atoms with Crippen molar-refractivity contribution >= 4 is 28.0 Å². The van der Waals surface area contributed by atoms with E-state index >= 15 is 0 Å². The molecule has 3 aliphatic rings. The summed E-state index contributed by atoms with van der Waals surface area (Å²) < 4.78 is 6.44. The number of ether oxygens (including phenoxy) is 1. The van der Waals surface area contributed by atoms with Gasteiger partial charge in [-0.1, -0.05) is 66.2 Å². The first-order valence-electron chi connectivity index (χ1n) is 11.2. The van der Waals surface area contributed by atoms with Crippen molar-refractivity contribution < 1.29 is 19.7 Å². The average Bonchev–Trinajstić information content (AvgIpc) is 3.11. The van der Waals surface area contributed by atoms with Crippen molar-refractivity contribution in [1.82, 2.24) is 0 Å². The largest absolute Gasteiger partial charge is 0.423 e. The molecular weight excluding hydrogens is 468 g/mol. The van der Waals surface area contributed by atoms with Crippen LogP contribution in [0.4, 0.5) is 0 Å². The molecule has 1 aromatic carbocycles. The molecule has 1 aromatic rings. The lowest BCUT2D eigenvalue weighted by atomic mass is 9.46. The van der Waals surface area contributed by atoms with Gasteiger partial charge in [-0.2, -0.15) is 0 Å². The molecule has 32 heavy (non-hydrogen) atoms. The number of allylic oxidation sites excluding steroid dienone is 3. The normalized spacial score (nSPS) is 36.3. The van der Waals surface area contributed by atoms with Gasteiger partial charge in [0.25, 0.3) is 0 Å².